The molecule has 0 fully saturated rings. The maximum absolute atomic E-state index is 12.1. The van der Waals surface area contributed by atoms with Gasteiger partial charge in [0, 0.05) is 12.0 Å². The van der Waals surface area contributed by atoms with E-state index in [1.807, 2.05) is 6.07 Å². The highest BCUT2D eigenvalue weighted by Gasteiger charge is 2.21. The maximum atomic E-state index is 12.1. The van der Waals surface area contributed by atoms with Gasteiger partial charge in [-0.2, -0.15) is 0 Å². The monoisotopic (exact) mass is 325 g/mol. The van der Waals surface area contributed by atoms with Crippen molar-refractivity contribution in [2.45, 2.75) is 32.6 Å². The number of carbonyl (C=O) groups excluding carboxylic acids is 1. The van der Waals surface area contributed by atoms with E-state index in [1.54, 1.807) is 12.1 Å². The normalized spacial score (nSPS) is 11.1. The molecule has 2 N–H and O–H groups in total. The molecular weight excluding hydrogens is 302 g/mol. The van der Waals surface area contributed by atoms with Crippen molar-refractivity contribution in [1.82, 2.24) is 5.32 Å². The van der Waals surface area contributed by atoms with Crippen LogP contribution in [0.25, 0.3) is 0 Å². The van der Waals surface area contributed by atoms with Crippen molar-refractivity contribution in [3.05, 3.63) is 70.8 Å². The standard InChI is InChI=1S/C20H23NO3/c1-14-5-4-6-17(11-14)20(2,3)13-21-18(22)12-15-7-9-16(10-8-15)19(23)24/h4-11H,12-13H2,1-3H3,(H,21,22)(H,23,24). The number of hydrogen-bond donors (Lipinski definition) is 2. The third-order valence-electron chi connectivity index (χ3n) is 4.09. The second kappa shape index (κ2) is 7.30. The van der Waals surface area contributed by atoms with Crippen LogP contribution in [-0.4, -0.2) is 23.5 Å². The number of aromatic carboxylic acids is 1. The Labute approximate surface area is 142 Å². The minimum Gasteiger partial charge on any atom is -0.478 e. The molecule has 4 nitrogen and oxygen atoms in total. The first-order chi connectivity index (χ1) is 11.3. The Bertz CT molecular complexity index is 733. The van der Waals surface area contributed by atoms with Crippen LogP contribution in [-0.2, 0) is 16.6 Å². The van der Waals surface area contributed by atoms with E-state index in [-0.39, 0.29) is 23.3 Å². The molecule has 24 heavy (non-hydrogen) atoms. The summed E-state index contributed by atoms with van der Waals surface area (Å²) in [4.78, 5) is 23.0. The van der Waals surface area contributed by atoms with E-state index >= 15 is 0 Å². The molecule has 0 radical (unpaired) electrons. The molecule has 1 amide bonds. The Morgan fingerprint density at radius 1 is 1.08 bits per heavy atom. The van der Waals surface area contributed by atoms with Gasteiger partial charge in [-0.05, 0) is 30.2 Å². The van der Waals surface area contributed by atoms with Crippen molar-refractivity contribution in [3.8, 4) is 0 Å². The SMILES string of the molecule is Cc1cccc(C(C)(C)CNC(=O)Cc2ccc(C(=O)O)cc2)c1. The van der Waals surface area contributed by atoms with Crippen LogP contribution >= 0.6 is 0 Å². The Hall–Kier alpha value is -2.62. The molecule has 0 aliphatic heterocycles. The van der Waals surface area contributed by atoms with E-state index in [2.05, 4.69) is 44.3 Å². The molecule has 2 rings (SSSR count). The van der Waals surface area contributed by atoms with Gasteiger partial charge >= 0.3 is 5.97 Å². The van der Waals surface area contributed by atoms with E-state index in [4.69, 9.17) is 5.11 Å². The van der Waals surface area contributed by atoms with Crippen molar-refractivity contribution in [3.63, 3.8) is 0 Å². The smallest absolute Gasteiger partial charge is 0.335 e. The zero-order valence-corrected chi connectivity index (χ0v) is 14.3. The molecule has 2 aromatic carbocycles. The minimum atomic E-state index is -0.967. The molecule has 0 spiro atoms. The van der Waals surface area contributed by atoms with Gasteiger partial charge in [0.1, 0.15) is 0 Å². The highest BCUT2D eigenvalue weighted by atomic mass is 16.4. The lowest BCUT2D eigenvalue weighted by Crippen LogP contribution is -2.37. The Kier molecular flexibility index (Phi) is 5.39. The average Bonchev–Trinajstić information content (AvgIpc) is 2.53. The molecule has 0 heterocycles. The fourth-order valence-corrected chi connectivity index (χ4v) is 2.50. The maximum Gasteiger partial charge on any atom is 0.335 e. The van der Waals surface area contributed by atoms with Crippen LogP contribution in [0.4, 0.5) is 0 Å². The first-order valence-electron chi connectivity index (χ1n) is 7.94. The molecule has 0 unspecified atom stereocenters. The van der Waals surface area contributed by atoms with Crippen LogP contribution < -0.4 is 5.32 Å². The molecule has 0 saturated heterocycles. The molecule has 0 atom stereocenters. The number of aryl methyl sites for hydroxylation is 1. The Balaban J connectivity index is 1.93. The minimum absolute atomic E-state index is 0.0706. The summed E-state index contributed by atoms with van der Waals surface area (Å²) < 4.78 is 0. The zero-order chi connectivity index (χ0) is 17.7. The molecule has 2 aromatic rings. The fourth-order valence-electron chi connectivity index (χ4n) is 2.50. The number of hydrogen-bond acceptors (Lipinski definition) is 2. The van der Waals surface area contributed by atoms with E-state index in [1.165, 1.54) is 23.3 Å². The molecule has 0 aromatic heterocycles. The van der Waals surface area contributed by atoms with E-state index in [0.717, 1.165) is 5.56 Å². The van der Waals surface area contributed by atoms with Crippen molar-refractivity contribution in [1.29, 1.82) is 0 Å². The second-order valence-electron chi connectivity index (χ2n) is 6.71. The summed E-state index contributed by atoms with van der Waals surface area (Å²) in [6.07, 6.45) is 0.240. The third-order valence-corrected chi connectivity index (χ3v) is 4.09. The number of amides is 1. The van der Waals surface area contributed by atoms with Gasteiger partial charge in [-0.25, -0.2) is 4.79 Å². The molecule has 4 heteroatoms. The van der Waals surface area contributed by atoms with Crippen LogP contribution in [0.3, 0.4) is 0 Å². The van der Waals surface area contributed by atoms with Gasteiger partial charge in [0.25, 0.3) is 0 Å². The highest BCUT2D eigenvalue weighted by Crippen LogP contribution is 2.23. The van der Waals surface area contributed by atoms with E-state index in [0.29, 0.717) is 6.54 Å². The molecule has 0 saturated carbocycles. The summed E-state index contributed by atoms with van der Waals surface area (Å²) >= 11 is 0. The summed E-state index contributed by atoms with van der Waals surface area (Å²) in [5, 5.41) is 11.9. The lowest BCUT2D eigenvalue weighted by Gasteiger charge is -2.26. The molecule has 126 valence electrons. The number of carboxylic acid groups (broad SMARTS) is 1. The summed E-state index contributed by atoms with van der Waals surface area (Å²) in [5.41, 5.74) is 3.25. The van der Waals surface area contributed by atoms with Gasteiger partial charge in [-0.1, -0.05) is 55.8 Å². The predicted octanol–water partition coefficient (Wildman–Crippen LogP) is 3.33. The van der Waals surface area contributed by atoms with Crippen molar-refractivity contribution in [2.24, 2.45) is 0 Å². The Morgan fingerprint density at radius 3 is 2.33 bits per heavy atom. The number of nitrogens with one attached hydrogen (secondary N) is 1. The van der Waals surface area contributed by atoms with Crippen molar-refractivity contribution < 1.29 is 14.7 Å². The summed E-state index contributed by atoms with van der Waals surface area (Å²) in [5.74, 6) is -1.04. The summed E-state index contributed by atoms with van der Waals surface area (Å²) in [7, 11) is 0. The largest absolute Gasteiger partial charge is 0.478 e. The molecular formula is C20H23NO3. The zero-order valence-electron chi connectivity index (χ0n) is 14.3. The van der Waals surface area contributed by atoms with Gasteiger partial charge in [-0.15, -0.1) is 0 Å². The first kappa shape index (κ1) is 17.7. The van der Waals surface area contributed by atoms with Crippen LogP contribution in [0.1, 0.15) is 40.9 Å². The third kappa shape index (κ3) is 4.69. The molecule has 0 aliphatic rings. The van der Waals surface area contributed by atoms with E-state index in [9.17, 15) is 9.59 Å². The lowest BCUT2D eigenvalue weighted by atomic mass is 9.84. The van der Waals surface area contributed by atoms with Crippen LogP contribution in [0.5, 0.6) is 0 Å². The topological polar surface area (TPSA) is 66.4 Å². The van der Waals surface area contributed by atoms with Crippen molar-refractivity contribution >= 4 is 11.9 Å². The van der Waals surface area contributed by atoms with Gasteiger partial charge < -0.3 is 10.4 Å². The van der Waals surface area contributed by atoms with Gasteiger partial charge in [0.2, 0.25) is 5.91 Å². The summed E-state index contributed by atoms with van der Waals surface area (Å²) in [6.45, 7) is 6.80. The Morgan fingerprint density at radius 2 is 1.75 bits per heavy atom. The number of benzene rings is 2. The van der Waals surface area contributed by atoms with Gasteiger partial charge in [-0.3, -0.25) is 4.79 Å². The molecule has 0 bridgehead atoms. The summed E-state index contributed by atoms with van der Waals surface area (Å²) in [6, 6.07) is 14.7. The quantitative estimate of drug-likeness (QED) is 0.856. The van der Waals surface area contributed by atoms with E-state index < -0.39 is 5.97 Å². The lowest BCUT2D eigenvalue weighted by molar-refractivity contribution is -0.120. The molecule has 0 aliphatic carbocycles. The van der Waals surface area contributed by atoms with Crippen LogP contribution in [0.15, 0.2) is 48.5 Å². The number of rotatable bonds is 6. The fraction of sp³-hybridized carbons (Fsp3) is 0.300. The number of carbonyl (C=O) groups is 2. The average molecular weight is 325 g/mol. The van der Waals surface area contributed by atoms with Crippen LogP contribution in [0.2, 0.25) is 0 Å². The van der Waals surface area contributed by atoms with Crippen LogP contribution in [0, 0.1) is 6.92 Å². The van der Waals surface area contributed by atoms with Gasteiger partial charge in [0.05, 0.1) is 12.0 Å². The first-order valence-corrected chi connectivity index (χ1v) is 7.94. The van der Waals surface area contributed by atoms with Crippen molar-refractivity contribution in [2.75, 3.05) is 6.54 Å². The number of carboxylic acids is 1. The predicted molar refractivity (Wildman–Crippen MR) is 94.3 cm³/mol. The second-order valence-corrected chi connectivity index (χ2v) is 6.71. The van der Waals surface area contributed by atoms with Gasteiger partial charge in [0.15, 0.2) is 0 Å². The highest BCUT2D eigenvalue weighted by molar-refractivity contribution is 5.87.